The van der Waals surface area contributed by atoms with Gasteiger partial charge in [0.1, 0.15) is 0 Å². The average molecular weight is 777 g/mol. The first-order valence-corrected chi connectivity index (χ1v) is 18.7. The molecule has 236 valence electrons. The lowest BCUT2D eigenvalue weighted by atomic mass is 9.32. The van der Waals surface area contributed by atoms with Crippen molar-refractivity contribution in [3.05, 3.63) is 10.1 Å². The molecule has 0 bridgehead atoms. The summed E-state index contributed by atoms with van der Waals surface area (Å²) in [5, 5.41) is 0.775. The molecule has 5 rings (SSSR count). The minimum atomic E-state index is -0.580. The van der Waals surface area contributed by atoms with E-state index in [0.29, 0.717) is 23.5 Å². The summed E-state index contributed by atoms with van der Waals surface area (Å²) in [5.41, 5.74) is 0.705. The Morgan fingerprint density at radius 3 is 2.24 bits per heavy atom. The fourth-order valence-electron chi connectivity index (χ4n) is 12.0. The van der Waals surface area contributed by atoms with E-state index in [2.05, 4.69) is 89.3 Å². The van der Waals surface area contributed by atoms with Gasteiger partial charge in [-0.2, -0.15) is 0 Å². The van der Waals surface area contributed by atoms with Crippen molar-refractivity contribution in [2.75, 3.05) is 19.0 Å². The Labute approximate surface area is 277 Å². The predicted molar refractivity (Wildman–Crippen MR) is 176 cm³/mol. The number of hydrogen-bond acceptors (Lipinski definition) is 5. The third-order valence-electron chi connectivity index (χ3n) is 14.1. The zero-order valence-electron chi connectivity index (χ0n) is 26.4. The third-order valence-corrected chi connectivity index (χ3v) is 16.0. The van der Waals surface area contributed by atoms with Gasteiger partial charge in [-0.15, -0.1) is 0 Å². The van der Waals surface area contributed by atoms with E-state index in [9.17, 15) is 14.4 Å². The topological polar surface area (TPSA) is 69.7 Å². The summed E-state index contributed by atoms with van der Waals surface area (Å²) < 4.78 is 11.7. The molecule has 5 fully saturated rings. The average Bonchev–Trinajstić information content (AvgIpc) is 3.31. The second-order valence-corrected chi connectivity index (χ2v) is 18.5. The standard InChI is InChI=1S/C34H49Br3O5/c1-19(36)21(17-35)20-10-13-34(29(40)42-18-26(38)41-7)15-14-32(5)22(27(20)34)8-9-25-31(4)16-23(37)28(39)30(2,3)24(31)11-12-33(25,32)6/h20,22-25,27H,8-18H2,1-7H3/b21-19+/t20?,22?,23?,24?,25?,27?,31-,32+,33+,34?/m0/s1. The lowest BCUT2D eigenvalue weighted by molar-refractivity contribution is -0.235. The van der Waals surface area contributed by atoms with Crippen LogP contribution in [0.3, 0.4) is 0 Å². The molecule has 42 heavy (non-hydrogen) atoms. The number of esters is 2. The molecule has 0 aromatic carbocycles. The first-order chi connectivity index (χ1) is 19.5. The summed E-state index contributed by atoms with van der Waals surface area (Å²) in [6.07, 6.45) is 8.88. The highest BCUT2D eigenvalue weighted by molar-refractivity contribution is 9.12. The molecule has 0 N–H and O–H groups in total. The molecule has 0 heterocycles. The highest BCUT2D eigenvalue weighted by Crippen LogP contribution is 2.77. The van der Waals surface area contributed by atoms with Gasteiger partial charge in [0.15, 0.2) is 12.4 Å². The van der Waals surface area contributed by atoms with Crippen LogP contribution in [0.1, 0.15) is 99.3 Å². The molecule has 7 unspecified atom stereocenters. The van der Waals surface area contributed by atoms with Gasteiger partial charge < -0.3 is 9.47 Å². The van der Waals surface area contributed by atoms with Gasteiger partial charge in [-0.05, 0) is 121 Å². The molecule has 0 amide bonds. The van der Waals surface area contributed by atoms with Crippen molar-refractivity contribution in [1.29, 1.82) is 0 Å². The van der Waals surface area contributed by atoms with Crippen LogP contribution in [0.4, 0.5) is 0 Å². The van der Waals surface area contributed by atoms with Gasteiger partial charge >= 0.3 is 11.9 Å². The number of carbonyl (C=O) groups excluding carboxylic acids is 3. The maximum absolute atomic E-state index is 14.1. The Kier molecular flexibility index (Phi) is 8.88. The van der Waals surface area contributed by atoms with E-state index in [1.807, 2.05) is 0 Å². The molecule has 0 radical (unpaired) electrons. The molecular weight excluding hydrogens is 728 g/mol. The highest BCUT2D eigenvalue weighted by atomic mass is 79.9. The van der Waals surface area contributed by atoms with Crippen molar-refractivity contribution < 1.29 is 23.9 Å². The largest absolute Gasteiger partial charge is 0.466 e. The van der Waals surface area contributed by atoms with Crippen molar-refractivity contribution in [1.82, 2.24) is 0 Å². The fraction of sp³-hybridized carbons (Fsp3) is 0.853. The van der Waals surface area contributed by atoms with Gasteiger partial charge in [-0.25, -0.2) is 4.79 Å². The van der Waals surface area contributed by atoms with E-state index >= 15 is 0 Å². The molecular formula is C34H49Br3O5. The second-order valence-electron chi connectivity index (χ2n) is 15.6. The number of fused-ring (bicyclic) bond motifs is 7. The van der Waals surface area contributed by atoms with Gasteiger partial charge in [0, 0.05) is 10.7 Å². The Morgan fingerprint density at radius 2 is 1.62 bits per heavy atom. The van der Waals surface area contributed by atoms with Crippen LogP contribution in [0, 0.1) is 56.7 Å². The summed E-state index contributed by atoms with van der Waals surface area (Å²) in [6.45, 7) is 13.8. The lowest BCUT2D eigenvalue weighted by Crippen LogP contribution is -2.67. The number of ether oxygens (including phenoxy) is 2. The number of methoxy groups -OCH3 is 1. The predicted octanol–water partition coefficient (Wildman–Crippen LogP) is 8.79. The normalized spacial score (nSPS) is 46.4. The molecule has 5 saturated carbocycles. The van der Waals surface area contributed by atoms with E-state index in [-0.39, 0.29) is 50.9 Å². The van der Waals surface area contributed by atoms with Crippen molar-refractivity contribution >= 4 is 65.5 Å². The van der Waals surface area contributed by atoms with E-state index in [4.69, 9.17) is 9.47 Å². The first kappa shape index (κ1) is 33.2. The third kappa shape index (κ3) is 4.54. The van der Waals surface area contributed by atoms with Gasteiger partial charge in [-0.3, -0.25) is 9.59 Å². The molecule has 0 aromatic rings. The highest BCUT2D eigenvalue weighted by Gasteiger charge is 2.72. The number of Topliss-reactive ketones (excluding diaryl/α,β-unsaturated/α-hetero) is 1. The number of allylic oxidation sites excluding steroid dienone is 2. The van der Waals surface area contributed by atoms with Crippen LogP contribution in [0.25, 0.3) is 0 Å². The minimum absolute atomic E-state index is 0.0638. The Morgan fingerprint density at radius 1 is 0.929 bits per heavy atom. The van der Waals surface area contributed by atoms with Crippen LogP contribution >= 0.6 is 47.8 Å². The molecule has 0 aliphatic heterocycles. The van der Waals surface area contributed by atoms with Crippen LogP contribution in [0.2, 0.25) is 0 Å². The van der Waals surface area contributed by atoms with E-state index in [0.717, 1.165) is 67.6 Å². The van der Waals surface area contributed by atoms with Gasteiger partial charge in [0.2, 0.25) is 0 Å². The molecule has 5 aliphatic carbocycles. The zero-order valence-corrected chi connectivity index (χ0v) is 31.2. The van der Waals surface area contributed by atoms with E-state index in [1.54, 1.807) is 0 Å². The quantitative estimate of drug-likeness (QED) is 0.206. The smallest absolute Gasteiger partial charge is 0.344 e. The number of ketones is 1. The molecule has 5 nitrogen and oxygen atoms in total. The first-order valence-electron chi connectivity index (χ1n) is 15.9. The van der Waals surface area contributed by atoms with Crippen LogP contribution < -0.4 is 0 Å². The van der Waals surface area contributed by atoms with Gasteiger partial charge in [-0.1, -0.05) is 82.4 Å². The van der Waals surface area contributed by atoms with E-state index in [1.165, 1.54) is 12.7 Å². The number of carbonyl (C=O) groups is 3. The van der Waals surface area contributed by atoms with Crippen molar-refractivity contribution in [2.45, 2.75) is 104 Å². The summed E-state index contributed by atoms with van der Waals surface area (Å²) >= 11 is 11.4. The SMILES string of the molecule is COC(=O)COC(=O)C12CCC(/C(CBr)=C(\C)Br)C1C1CCC3[C@@]4(C)CC(Br)C(=O)C(C)(C)C4CC[C@@]3(C)[C@]1(C)CC2. The molecule has 0 saturated heterocycles. The molecule has 8 heteroatoms. The van der Waals surface area contributed by atoms with E-state index < -0.39 is 11.4 Å². The van der Waals surface area contributed by atoms with Crippen LogP contribution in [0.15, 0.2) is 10.1 Å². The second kappa shape index (κ2) is 11.2. The number of alkyl halides is 2. The van der Waals surface area contributed by atoms with Crippen LogP contribution in [0.5, 0.6) is 0 Å². The molecule has 0 aromatic heterocycles. The maximum Gasteiger partial charge on any atom is 0.344 e. The molecule has 5 aliphatic rings. The van der Waals surface area contributed by atoms with Crippen molar-refractivity contribution in [3.8, 4) is 0 Å². The number of halogens is 3. The Balaban J connectivity index is 1.57. The minimum Gasteiger partial charge on any atom is -0.466 e. The zero-order chi connectivity index (χ0) is 31.0. The Hall–Kier alpha value is -0.210. The summed E-state index contributed by atoms with van der Waals surface area (Å²) in [7, 11) is 1.33. The van der Waals surface area contributed by atoms with Crippen LogP contribution in [-0.4, -0.2) is 41.6 Å². The summed E-state index contributed by atoms with van der Waals surface area (Å²) in [4.78, 5) is 39.3. The molecule has 10 atom stereocenters. The number of hydrogen-bond donors (Lipinski definition) is 0. The van der Waals surface area contributed by atoms with Gasteiger partial charge in [0.05, 0.1) is 17.4 Å². The monoisotopic (exact) mass is 774 g/mol. The van der Waals surface area contributed by atoms with Crippen molar-refractivity contribution in [2.24, 2.45) is 56.7 Å². The summed E-state index contributed by atoms with van der Waals surface area (Å²) in [6, 6.07) is 0. The van der Waals surface area contributed by atoms with Crippen molar-refractivity contribution in [3.63, 3.8) is 0 Å². The fourth-order valence-corrected chi connectivity index (χ4v) is 14.9. The van der Waals surface area contributed by atoms with Crippen LogP contribution in [-0.2, 0) is 23.9 Å². The number of rotatable bonds is 5. The lowest BCUT2D eigenvalue weighted by Gasteiger charge is -2.72. The Bertz CT molecular complexity index is 1180. The molecule has 0 spiro atoms. The van der Waals surface area contributed by atoms with Gasteiger partial charge in [0.25, 0.3) is 0 Å². The summed E-state index contributed by atoms with van der Waals surface area (Å²) in [5.74, 6) is 1.39. The maximum atomic E-state index is 14.1.